The van der Waals surface area contributed by atoms with Crippen LogP contribution < -0.4 is 15.2 Å². The number of nitrogens with one attached hydrogen (secondary N) is 2. The van der Waals surface area contributed by atoms with Crippen LogP contribution in [-0.2, 0) is 10.0 Å². The van der Waals surface area contributed by atoms with Crippen molar-refractivity contribution in [2.45, 2.75) is 33.7 Å². The van der Waals surface area contributed by atoms with Crippen molar-refractivity contribution in [3.63, 3.8) is 0 Å². The predicted molar refractivity (Wildman–Crippen MR) is 125 cm³/mol. The van der Waals surface area contributed by atoms with Crippen molar-refractivity contribution in [2.75, 3.05) is 22.4 Å². The first kappa shape index (κ1) is 23.0. The number of benzene rings is 1. The molecule has 3 rings (SSSR count). The number of halogens is 1. The van der Waals surface area contributed by atoms with Gasteiger partial charge in [-0.1, -0.05) is 44.5 Å². The average molecular weight is 464 g/mol. The minimum absolute atomic E-state index is 0.221. The molecule has 0 unspecified atom stereocenters. The largest absolute Gasteiger partial charge is 0.347 e. The molecule has 8 nitrogen and oxygen atoms in total. The van der Waals surface area contributed by atoms with Crippen molar-refractivity contribution in [1.82, 2.24) is 15.0 Å². The van der Waals surface area contributed by atoms with Gasteiger partial charge in [-0.05, 0) is 24.5 Å². The molecule has 2 aromatic heterocycles. The molecule has 0 aliphatic heterocycles. The molecule has 1 aromatic carbocycles. The van der Waals surface area contributed by atoms with E-state index < -0.39 is 16.1 Å². The molecule has 0 spiro atoms. The van der Waals surface area contributed by atoms with Crippen molar-refractivity contribution in [3.05, 3.63) is 57.5 Å². The Morgan fingerprint density at radius 1 is 1.26 bits per heavy atom. The van der Waals surface area contributed by atoms with Crippen LogP contribution in [0.15, 0.2) is 41.3 Å². The molecule has 0 bridgehead atoms. The van der Waals surface area contributed by atoms with E-state index in [0.717, 1.165) is 11.6 Å². The first-order valence-corrected chi connectivity index (χ1v) is 12.0. The molecular formula is C21H26ClN5O3S. The molecule has 2 heterocycles. The van der Waals surface area contributed by atoms with E-state index in [1.807, 2.05) is 32.9 Å². The second kappa shape index (κ2) is 8.47. The standard InChI is InChI=1S/C21H26ClN5O3S/c1-13(15-11-14-7-6-8-16(22)18(14)26-19(15)28)24-20-23-10-9-17(25-20)27(31(5,29)30)12-21(2,3)4/h6-11,13H,12H2,1-5H3,(H,26,28)(H,23,24,25)/t13-/m0/s1. The summed E-state index contributed by atoms with van der Waals surface area (Å²) in [7, 11) is -3.54. The summed E-state index contributed by atoms with van der Waals surface area (Å²) in [6.45, 7) is 7.92. The third kappa shape index (κ3) is 5.54. The summed E-state index contributed by atoms with van der Waals surface area (Å²) < 4.78 is 26.0. The first-order valence-electron chi connectivity index (χ1n) is 9.74. The first-order chi connectivity index (χ1) is 14.3. The molecule has 10 heteroatoms. The molecule has 0 amide bonds. The van der Waals surface area contributed by atoms with Gasteiger partial charge >= 0.3 is 0 Å². The molecular weight excluding hydrogens is 438 g/mol. The fourth-order valence-corrected chi connectivity index (χ4v) is 4.45. The van der Waals surface area contributed by atoms with Gasteiger partial charge in [-0.15, -0.1) is 0 Å². The van der Waals surface area contributed by atoms with E-state index in [9.17, 15) is 13.2 Å². The van der Waals surface area contributed by atoms with E-state index in [0.29, 0.717) is 16.1 Å². The molecule has 0 fully saturated rings. The van der Waals surface area contributed by atoms with E-state index in [1.165, 1.54) is 10.5 Å². The van der Waals surface area contributed by atoms with Crippen LogP contribution in [0.1, 0.15) is 39.3 Å². The van der Waals surface area contributed by atoms with Gasteiger partial charge in [-0.3, -0.25) is 9.10 Å². The van der Waals surface area contributed by atoms with Gasteiger partial charge in [-0.2, -0.15) is 4.98 Å². The lowest BCUT2D eigenvalue weighted by Crippen LogP contribution is -2.37. The molecule has 0 saturated carbocycles. The summed E-state index contributed by atoms with van der Waals surface area (Å²) in [5, 5.41) is 4.37. The van der Waals surface area contributed by atoms with Crippen LogP contribution in [0.5, 0.6) is 0 Å². The van der Waals surface area contributed by atoms with Gasteiger partial charge in [0.15, 0.2) is 0 Å². The Balaban J connectivity index is 1.92. The highest BCUT2D eigenvalue weighted by molar-refractivity contribution is 7.92. The maximum absolute atomic E-state index is 12.6. The number of aromatic amines is 1. The van der Waals surface area contributed by atoms with E-state index in [-0.39, 0.29) is 29.3 Å². The average Bonchev–Trinajstić information content (AvgIpc) is 2.65. The van der Waals surface area contributed by atoms with E-state index >= 15 is 0 Å². The highest BCUT2D eigenvalue weighted by Gasteiger charge is 2.25. The third-order valence-electron chi connectivity index (χ3n) is 4.58. The quantitative estimate of drug-likeness (QED) is 0.572. The molecule has 0 aliphatic carbocycles. The van der Waals surface area contributed by atoms with Gasteiger partial charge in [0, 0.05) is 29.8 Å². The number of para-hydroxylation sites is 1. The molecule has 0 radical (unpaired) electrons. The molecule has 0 saturated heterocycles. The molecule has 3 aromatic rings. The summed E-state index contributed by atoms with van der Waals surface area (Å²) in [5.74, 6) is 0.486. The van der Waals surface area contributed by atoms with Gasteiger partial charge in [0.05, 0.1) is 22.8 Å². The lowest BCUT2D eigenvalue weighted by Gasteiger charge is -2.29. The molecule has 0 aliphatic rings. The number of hydrogen-bond donors (Lipinski definition) is 2. The lowest BCUT2D eigenvalue weighted by molar-refractivity contribution is 0.425. The summed E-state index contributed by atoms with van der Waals surface area (Å²) in [4.78, 5) is 24.0. The summed E-state index contributed by atoms with van der Waals surface area (Å²) in [5.41, 5.74) is 0.518. The van der Waals surface area contributed by atoms with Crippen LogP contribution in [0.2, 0.25) is 5.02 Å². The number of sulfonamides is 1. The maximum Gasteiger partial charge on any atom is 0.253 e. The van der Waals surface area contributed by atoms with Crippen LogP contribution >= 0.6 is 11.6 Å². The number of nitrogens with zero attached hydrogens (tertiary/aromatic N) is 3. The number of H-pyrrole nitrogens is 1. The topological polar surface area (TPSA) is 108 Å². The zero-order valence-corrected chi connectivity index (χ0v) is 19.7. The fraction of sp³-hybridized carbons (Fsp3) is 0.381. The van der Waals surface area contributed by atoms with Gasteiger partial charge in [0.2, 0.25) is 16.0 Å². The highest BCUT2D eigenvalue weighted by atomic mass is 35.5. The van der Waals surface area contributed by atoms with Crippen LogP contribution in [-0.4, -0.2) is 36.2 Å². The van der Waals surface area contributed by atoms with Gasteiger partial charge in [0.1, 0.15) is 5.82 Å². The van der Waals surface area contributed by atoms with Crippen molar-refractivity contribution < 1.29 is 8.42 Å². The second-order valence-electron chi connectivity index (χ2n) is 8.69. The molecule has 1 atom stereocenters. The number of aromatic nitrogens is 3. The maximum atomic E-state index is 12.6. The van der Waals surface area contributed by atoms with Gasteiger partial charge in [0.25, 0.3) is 5.56 Å². The van der Waals surface area contributed by atoms with Crippen molar-refractivity contribution >= 4 is 44.3 Å². The Morgan fingerprint density at radius 2 is 1.97 bits per heavy atom. The smallest absolute Gasteiger partial charge is 0.253 e. The van der Waals surface area contributed by atoms with Gasteiger partial charge in [-0.25, -0.2) is 13.4 Å². The number of fused-ring (bicyclic) bond motifs is 1. The lowest BCUT2D eigenvalue weighted by atomic mass is 9.97. The summed E-state index contributed by atoms with van der Waals surface area (Å²) in [6.07, 6.45) is 2.64. The monoisotopic (exact) mass is 463 g/mol. The van der Waals surface area contributed by atoms with Gasteiger partial charge < -0.3 is 10.3 Å². The molecule has 2 N–H and O–H groups in total. The normalized spacial score (nSPS) is 13.2. The number of hydrogen-bond acceptors (Lipinski definition) is 6. The Bertz CT molecular complexity index is 1270. The Labute approximate surface area is 186 Å². The summed E-state index contributed by atoms with van der Waals surface area (Å²) >= 11 is 6.16. The third-order valence-corrected chi connectivity index (χ3v) is 6.02. The van der Waals surface area contributed by atoms with E-state index in [2.05, 4.69) is 20.3 Å². The Kier molecular flexibility index (Phi) is 6.29. The van der Waals surface area contributed by atoms with Crippen molar-refractivity contribution in [1.29, 1.82) is 0 Å². The number of rotatable bonds is 6. The molecule has 166 valence electrons. The zero-order chi connectivity index (χ0) is 23.0. The van der Waals surface area contributed by atoms with Crippen molar-refractivity contribution in [2.24, 2.45) is 5.41 Å². The SMILES string of the molecule is C[C@H](Nc1nccc(N(CC(C)(C)C)S(C)(=O)=O)n1)c1cc2cccc(Cl)c2[nH]c1=O. The highest BCUT2D eigenvalue weighted by Crippen LogP contribution is 2.25. The minimum Gasteiger partial charge on any atom is -0.347 e. The molecule has 31 heavy (non-hydrogen) atoms. The number of pyridine rings is 1. The van der Waals surface area contributed by atoms with Crippen molar-refractivity contribution in [3.8, 4) is 0 Å². The predicted octanol–water partition coefficient (Wildman–Crippen LogP) is 3.96. The second-order valence-corrected chi connectivity index (χ2v) is 11.0. The Morgan fingerprint density at radius 3 is 2.61 bits per heavy atom. The fourth-order valence-electron chi connectivity index (χ4n) is 3.16. The van der Waals surface area contributed by atoms with E-state index in [1.54, 1.807) is 25.1 Å². The van der Waals surface area contributed by atoms with Crippen LogP contribution in [0, 0.1) is 5.41 Å². The van der Waals surface area contributed by atoms with Crippen LogP contribution in [0.4, 0.5) is 11.8 Å². The number of anilines is 2. The Hall–Kier alpha value is -2.65. The van der Waals surface area contributed by atoms with E-state index in [4.69, 9.17) is 11.6 Å². The minimum atomic E-state index is -3.54. The summed E-state index contributed by atoms with van der Waals surface area (Å²) in [6, 6.07) is 8.27. The zero-order valence-electron chi connectivity index (χ0n) is 18.1. The van der Waals surface area contributed by atoms with Crippen LogP contribution in [0.3, 0.4) is 0 Å². The van der Waals surface area contributed by atoms with Crippen LogP contribution in [0.25, 0.3) is 10.9 Å².